The molecule has 0 saturated heterocycles. The number of hydrogen-bond acceptors (Lipinski definition) is 2. The van der Waals surface area contributed by atoms with E-state index in [2.05, 4.69) is 10.3 Å². The van der Waals surface area contributed by atoms with Crippen molar-refractivity contribution in [3.05, 3.63) is 64.2 Å². The molecular formula is C15H16ClFN2. The van der Waals surface area contributed by atoms with E-state index in [4.69, 9.17) is 11.6 Å². The van der Waals surface area contributed by atoms with E-state index in [0.29, 0.717) is 0 Å². The van der Waals surface area contributed by atoms with E-state index in [-0.39, 0.29) is 11.1 Å². The molecule has 2 rings (SSSR count). The van der Waals surface area contributed by atoms with Gasteiger partial charge in [-0.1, -0.05) is 30.7 Å². The van der Waals surface area contributed by atoms with E-state index < -0.39 is 5.82 Å². The molecule has 1 atom stereocenters. The minimum absolute atomic E-state index is 0.151. The normalized spacial score (nSPS) is 12.4. The average Bonchev–Trinajstić information content (AvgIpc) is 2.41. The average molecular weight is 279 g/mol. The number of rotatable bonds is 4. The van der Waals surface area contributed by atoms with Crippen LogP contribution in [0.3, 0.4) is 0 Å². The maximum atomic E-state index is 13.6. The van der Waals surface area contributed by atoms with Crippen LogP contribution in [0.5, 0.6) is 0 Å². The van der Waals surface area contributed by atoms with Crippen molar-refractivity contribution < 1.29 is 4.39 Å². The number of aromatic nitrogens is 1. The van der Waals surface area contributed by atoms with E-state index in [1.54, 1.807) is 18.5 Å². The number of aryl methyl sites for hydroxylation is 1. The van der Waals surface area contributed by atoms with Crippen LogP contribution in [-0.2, 0) is 0 Å². The third-order valence-corrected chi connectivity index (χ3v) is 3.49. The molecule has 2 aromatic rings. The van der Waals surface area contributed by atoms with E-state index in [0.717, 1.165) is 23.2 Å². The summed E-state index contributed by atoms with van der Waals surface area (Å²) in [6.07, 6.45) is 3.54. The molecule has 4 heteroatoms. The number of benzene rings is 1. The molecule has 0 radical (unpaired) electrons. The Balaban J connectivity index is 2.52. The molecule has 2 nitrogen and oxygen atoms in total. The fraction of sp³-hybridized carbons (Fsp3) is 0.267. The van der Waals surface area contributed by atoms with Crippen LogP contribution in [0.25, 0.3) is 0 Å². The Bertz CT molecular complexity index is 572. The second-order valence-electron chi connectivity index (χ2n) is 4.37. The molecule has 1 aromatic heterocycles. The van der Waals surface area contributed by atoms with Gasteiger partial charge in [0.2, 0.25) is 0 Å². The maximum absolute atomic E-state index is 13.6. The van der Waals surface area contributed by atoms with Crippen molar-refractivity contribution >= 4 is 11.6 Å². The summed E-state index contributed by atoms with van der Waals surface area (Å²) < 4.78 is 13.6. The van der Waals surface area contributed by atoms with Crippen molar-refractivity contribution in [1.82, 2.24) is 10.3 Å². The predicted molar refractivity (Wildman–Crippen MR) is 75.9 cm³/mol. The maximum Gasteiger partial charge on any atom is 0.142 e. The van der Waals surface area contributed by atoms with Gasteiger partial charge in [-0.05, 0) is 42.3 Å². The first kappa shape index (κ1) is 14.0. The van der Waals surface area contributed by atoms with E-state index in [9.17, 15) is 4.39 Å². The first-order valence-electron chi connectivity index (χ1n) is 6.23. The van der Waals surface area contributed by atoms with E-state index >= 15 is 0 Å². The second-order valence-corrected chi connectivity index (χ2v) is 4.74. The van der Waals surface area contributed by atoms with Crippen LogP contribution in [-0.4, -0.2) is 11.5 Å². The Morgan fingerprint density at radius 3 is 2.79 bits per heavy atom. The number of pyridine rings is 1. The topological polar surface area (TPSA) is 24.9 Å². The van der Waals surface area contributed by atoms with Gasteiger partial charge in [0.05, 0.1) is 11.1 Å². The van der Waals surface area contributed by atoms with Crippen molar-refractivity contribution in [2.24, 2.45) is 0 Å². The van der Waals surface area contributed by atoms with E-state index in [1.165, 1.54) is 6.07 Å². The van der Waals surface area contributed by atoms with Gasteiger partial charge in [-0.15, -0.1) is 0 Å². The first-order chi connectivity index (χ1) is 9.15. The molecule has 19 heavy (non-hydrogen) atoms. The van der Waals surface area contributed by atoms with Crippen LogP contribution in [0, 0.1) is 12.7 Å². The molecule has 0 fully saturated rings. The van der Waals surface area contributed by atoms with Gasteiger partial charge in [-0.3, -0.25) is 4.98 Å². The van der Waals surface area contributed by atoms with E-state index in [1.807, 2.05) is 26.0 Å². The third-order valence-electron chi connectivity index (χ3n) is 3.09. The minimum Gasteiger partial charge on any atom is -0.306 e. The van der Waals surface area contributed by atoms with Gasteiger partial charge < -0.3 is 5.32 Å². The molecule has 1 N–H and O–H groups in total. The van der Waals surface area contributed by atoms with Crippen LogP contribution in [0.15, 0.2) is 36.7 Å². The van der Waals surface area contributed by atoms with Gasteiger partial charge >= 0.3 is 0 Å². The molecular weight excluding hydrogens is 263 g/mol. The molecule has 0 amide bonds. The smallest absolute Gasteiger partial charge is 0.142 e. The van der Waals surface area contributed by atoms with Crippen LogP contribution < -0.4 is 5.32 Å². The van der Waals surface area contributed by atoms with Crippen LogP contribution in [0.1, 0.15) is 29.7 Å². The molecule has 0 aliphatic heterocycles. The summed E-state index contributed by atoms with van der Waals surface area (Å²) in [4.78, 5) is 4.15. The van der Waals surface area contributed by atoms with Gasteiger partial charge in [0.15, 0.2) is 0 Å². The quantitative estimate of drug-likeness (QED) is 0.918. The summed E-state index contributed by atoms with van der Waals surface area (Å²) >= 11 is 6.09. The van der Waals surface area contributed by atoms with Gasteiger partial charge in [0.25, 0.3) is 0 Å². The zero-order chi connectivity index (χ0) is 13.8. The Labute approximate surface area is 117 Å². The van der Waals surface area contributed by atoms with Crippen molar-refractivity contribution in [3.8, 4) is 0 Å². The summed E-state index contributed by atoms with van der Waals surface area (Å²) in [5.41, 5.74) is 2.85. The van der Waals surface area contributed by atoms with Gasteiger partial charge in [-0.25, -0.2) is 4.39 Å². The highest BCUT2D eigenvalue weighted by molar-refractivity contribution is 6.31. The standard InChI is InChI=1S/C15H16ClFN2/c1-3-19-15(12-9-18-8-7-10(12)2)11-5-4-6-13(17)14(11)16/h4-9,15,19H,3H2,1-2H3. The van der Waals surface area contributed by atoms with Crippen LogP contribution in [0.4, 0.5) is 4.39 Å². The summed E-state index contributed by atoms with van der Waals surface area (Å²) in [6, 6.07) is 6.66. The Kier molecular flexibility index (Phi) is 4.51. The SMILES string of the molecule is CCNC(c1cnccc1C)c1cccc(F)c1Cl. The molecule has 0 aliphatic carbocycles. The van der Waals surface area contributed by atoms with Crippen molar-refractivity contribution in [2.45, 2.75) is 19.9 Å². The van der Waals surface area contributed by atoms with Gasteiger partial charge in [-0.2, -0.15) is 0 Å². The first-order valence-corrected chi connectivity index (χ1v) is 6.60. The lowest BCUT2D eigenvalue weighted by Crippen LogP contribution is -2.23. The lowest BCUT2D eigenvalue weighted by molar-refractivity contribution is 0.601. The third kappa shape index (κ3) is 2.94. The monoisotopic (exact) mass is 278 g/mol. The molecule has 0 saturated carbocycles. The number of hydrogen-bond donors (Lipinski definition) is 1. The van der Waals surface area contributed by atoms with Crippen LogP contribution in [0.2, 0.25) is 5.02 Å². The summed E-state index contributed by atoms with van der Waals surface area (Å²) in [5.74, 6) is -0.399. The van der Waals surface area contributed by atoms with Gasteiger partial charge in [0, 0.05) is 12.4 Å². The largest absolute Gasteiger partial charge is 0.306 e. The Morgan fingerprint density at radius 1 is 1.32 bits per heavy atom. The molecule has 100 valence electrons. The minimum atomic E-state index is -0.399. The highest BCUT2D eigenvalue weighted by Gasteiger charge is 2.19. The second kappa shape index (κ2) is 6.13. The highest BCUT2D eigenvalue weighted by atomic mass is 35.5. The number of nitrogens with one attached hydrogen (secondary N) is 1. The number of nitrogens with zero attached hydrogens (tertiary/aromatic N) is 1. The van der Waals surface area contributed by atoms with Crippen molar-refractivity contribution in [2.75, 3.05) is 6.54 Å². The lowest BCUT2D eigenvalue weighted by Gasteiger charge is -2.21. The zero-order valence-electron chi connectivity index (χ0n) is 11.0. The lowest BCUT2D eigenvalue weighted by atomic mass is 9.96. The summed E-state index contributed by atoms with van der Waals surface area (Å²) in [7, 11) is 0. The summed E-state index contributed by atoms with van der Waals surface area (Å²) in [5, 5.41) is 3.50. The molecule has 0 bridgehead atoms. The van der Waals surface area contributed by atoms with Gasteiger partial charge in [0.1, 0.15) is 5.82 Å². The van der Waals surface area contributed by atoms with Crippen molar-refractivity contribution in [3.63, 3.8) is 0 Å². The number of halogens is 2. The highest BCUT2D eigenvalue weighted by Crippen LogP contribution is 2.31. The fourth-order valence-corrected chi connectivity index (χ4v) is 2.35. The molecule has 0 spiro atoms. The molecule has 0 aliphatic rings. The van der Waals surface area contributed by atoms with Crippen LogP contribution >= 0.6 is 11.6 Å². The molecule has 1 unspecified atom stereocenters. The summed E-state index contributed by atoms with van der Waals surface area (Å²) in [6.45, 7) is 4.77. The predicted octanol–water partition coefficient (Wildman–Crippen LogP) is 3.88. The molecule has 1 aromatic carbocycles. The molecule has 1 heterocycles. The zero-order valence-corrected chi connectivity index (χ0v) is 11.7. The Hall–Kier alpha value is -1.45. The fourth-order valence-electron chi connectivity index (χ4n) is 2.11. The Morgan fingerprint density at radius 2 is 2.11 bits per heavy atom. The van der Waals surface area contributed by atoms with Crippen molar-refractivity contribution in [1.29, 1.82) is 0 Å².